The van der Waals surface area contributed by atoms with E-state index in [0.717, 1.165) is 18.6 Å². The maximum absolute atomic E-state index is 12.3. The Morgan fingerprint density at radius 2 is 2.19 bits per heavy atom. The molecular weight excluding hydrogens is 298 g/mol. The summed E-state index contributed by atoms with van der Waals surface area (Å²) in [5, 5.41) is 20.2. The number of hydrogen-bond donors (Lipinski definition) is 2. The van der Waals surface area contributed by atoms with Gasteiger partial charge in [0, 0.05) is 30.8 Å². The molecule has 1 aliphatic heterocycles. The Balaban J connectivity index is 0.00000220. The molecule has 0 aliphatic carbocycles. The molecular formula is C13H18ClN3O4. The van der Waals surface area contributed by atoms with Crippen molar-refractivity contribution in [2.75, 3.05) is 13.1 Å². The lowest BCUT2D eigenvalue weighted by Gasteiger charge is -2.35. The molecule has 3 N–H and O–H groups in total. The number of amides is 1. The van der Waals surface area contributed by atoms with Gasteiger partial charge in [-0.1, -0.05) is 6.92 Å². The van der Waals surface area contributed by atoms with Gasteiger partial charge < -0.3 is 15.7 Å². The highest BCUT2D eigenvalue weighted by Crippen LogP contribution is 2.27. The molecule has 0 radical (unpaired) electrons. The summed E-state index contributed by atoms with van der Waals surface area (Å²) in [5.74, 6) is -0.532. The first-order chi connectivity index (χ1) is 9.40. The number of nitrogens with zero attached hydrogens (tertiary/aromatic N) is 2. The summed E-state index contributed by atoms with van der Waals surface area (Å²) in [7, 11) is 0. The van der Waals surface area contributed by atoms with Gasteiger partial charge >= 0.3 is 5.69 Å². The number of benzene rings is 1. The van der Waals surface area contributed by atoms with Crippen molar-refractivity contribution in [3.63, 3.8) is 0 Å². The van der Waals surface area contributed by atoms with Gasteiger partial charge in [-0.25, -0.2) is 0 Å². The van der Waals surface area contributed by atoms with Crippen LogP contribution in [-0.2, 0) is 0 Å². The molecule has 116 valence electrons. The Kier molecular flexibility index (Phi) is 5.51. The van der Waals surface area contributed by atoms with E-state index in [-0.39, 0.29) is 35.8 Å². The second kappa shape index (κ2) is 6.73. The summed E-state index contributed by atoms with van der Waals surface area (Å²) < 4.78 is 0. The number of piperidine rings is 1. The van der Waals surface area contributed by atoms with Crippen molar-refractivity contribution in [3.05, 3.63) is 33.9 Å². The molecule has 1 aromatic carbocycles. The number of phenolic OH excluding ortho intramolecular Hbond substituents is 1. The Labute approximate surface area is 128 Å². The zero-order valence-corrected chi connectivity index (χ0v) is 12.4. The predicted molar refractivity (Wildman–Crippen MR) is 79.7 cm³/mol. The molecule has 8 heteroatoms. The number of phenols is 1. The van der Waals surface area contributed by atoms with Crippen LogP contribution in [0.25, 0.3) is 0 Å². The number of nitro groups is 1. The minimum absolute atomic E-state index is 0. The Morgan fingerprint density at radius 1 is 1.52 bits per heavy atom. The van der Waals surface area contributed by atoms with E-state index >= 15 is 0 Å². The minimum Gasteiger partial charge on any atom is -0.502 e. The Morgan fingerprint density at radius 3 is 2.71 bits per heavy atom. The highest BCUT2D eigenvalue weighted by Gasteiger charge is 2.27. The van der Waals surface area contributed by atoms with Gasteiger partial charge in [-0.3, -0.25) is 14.9 Å². The number of carbonyl (C=O) groups is 1. The van der Waals surface area contributed by atoms with E-state index in [9.17, 15) is 20.0 Å². The van der Waals surface area contributed by atoms with Gasteiger partial charge in [0.25, 0.3) is 5.91 Å². The van der Waals surface area contributed by atoms with Crippen LogP contribution >= 0.6 is 12.4 Å². The van der Waals surface area contributed by atoms with Gasteiger partial charge in [0.1, 0.15) is 0 Å². The van der Waals surface area contributed by atoms with Crippen molar-refractivity contribution in [3.8, 4) is 5.75 Å². The average Bonchev–Trinajstić information content (AvgIpc) is 2.40. The van der Waals surface area contributed by atoms with Crippen LogP contribution < -0.4 is 5.73 Å². The summed E-state index contributed by atoms with van der Waals surface area (Å²) in [6.07, 6.45) is 0.728. The number of halogens is 1. The van der Waals surface area contributed by atoms with Crippen molar-refractivity contribution in [2.24, 2.45) is 11.7 Å². The quantitative estimate of drug-likeness (QED) is 0.635. The van der Waals surface area contributed by atoms with Crippen LogP contribution in [0.1, 0.15) is 23.7 Å². The maximum atomic E-state index is 12.3. The molecule has 1 aliphatic rings. The fourth-order valence-corrected chi connectivity index (χ4v) is 2.34. The monoisotopic (exact) mass is 315 g/mol. The first-order valence-electron chi connectivity index (χ1n) is 6.42. The fourth-order valence-electron chi connectivity index (χ4n) is 2.34. The largest absolute Gasteiger partial charge is 0.502 e. The summed E-state index contributed by atoms with van der Waals surface area (Å²) in [6.45, 7) is 3.09. The second-order valence-electron chi connectivity index (χ2n) is 5.14. The van der Waals surface area contributed by atoms with E-state index in [1.165, 1.54) is 6.07 Å². The topological polar surface area (TPSA) is 110 Å². The van der Waals surface area contributed by atoms with Crippen LogP contribution in [0, 0.1) is 16.0 Å². The molecule has 1 heterocycles. The van der Waals surface area contributed by atoms with Gasteiger partial charge in [-0.05, 0) is 24.5 Å². The number of nitro benzene ring substituents is 1. The van der Waals surface area contributed by atoms with Gasteiger partial charge in [0.05, 0.1) is 4.92 Å². The van der Waals surface area contributed by atoms with E-state index in [4.69, 9.17) is 5.73 Å². The third kappa shape index (κ3) is 3.62. The normalized spacial score (nSPS) is 21.5. The number of aromatic hydroxyl groups is 1. The van der Waals surface area contributed by atoms with Gasteiger partial charge in [0.15, 0.2) is 5.75 Å². The zero-order valence-electron chi connectivity index (χ0n) is 11.6. The third-order valence-corrected chi connectivity index (χ3v) is 3.68. The molecule has 2 unspecified atom stereocenters. The van der Waals surface area contributed by atoms with E-state index in [1.54, 1.807) is 4.90 Å². The number of nitrogens with two attached hydrogens (primary N) is 1. The number of rotatable bonds is 2. The van der Waals surface area contributed by atoms with Crippen molar-refractivity contribution in [1.29, 1.82) is 0 Å². The average molecular weight is 316 g/mol. The smallest absolute Gasteiger partial charge is 0.310 e. The fraction of sp³-hybridized carbons (Fsp3) is 0.462. The highest BCUT2D eigenvalue weighted by molar-refractivity contribution is 5.95. The highest BCUT2D eigenvalue weighted by atomic mass is 35.5. The van der Waals surface area contributed by atoms with E-state index in [2.05, 4.69) is 0 Å². The lowest BCUT2D eigenvalue weighted by Crippen LogP contribution is -2.48. The molecule has 1 aromatic rings. The molecule has 1 saturated heterocycles. The Bertz CT molecular complexity index is 552. The molecule has 2 atom stereocenters. The predicted octanol–water partition coefficient (Wildman–Crippen LogP) is 1.53. The molecule has 1 amide bonds. The first kappa shape index (κ1) is 17.2. The number of likely N-dealkylation sites (tertiary alicyclic amines) is 1. The van der Waals surface area contributed by atoms with Crippen LogP contribution in [-0.4, -0.2) is 40.0 Å². The number of carbonyl (C=O) groups excluding carboxylic acids is 1. The van der Waals surface area contributed by atoms with Crippen LogP contribution in [0.4, 0.5) is 5.69 Å². The molecule has 0 saturated carbocycles. The van der Waals surface area contributed by atoms with Crippen LogP contribution in [0.3, 0.4) is 0 Å². The molecule has 2 rings (SSSR count). The van der Waals surface area contributed by atoms with Gasteiger partial charge in [-0.2, -0.15) is 0 Å². The number of hydrogen-bond acceptors (Lipinski definition) is 5. The lowest BCUT2D eigenvalue weighted by atomic mass is 9.94. The zero-order chi connectivity index (χ0) is 14.9. The molecule has 1 fully saturated rings. The summed E-state index contributed by atoms with van der Waals surface area (Å²) in [4.78, 5) is 23.9. The molecule has 0 aromatic heterocycles. The second-order valence-corrected chi connectivity index (χ2v) is 5.14. The molecule has 7 nitrogen and oxygen atoms in total. The van der Waals surface area contributed by atoms with Crippen molar-refractivity contribution in [2.45, 2.75) is 19.4 Å². The van der Waals surface area contributed by atoms with Crippen LogP contribution in [0.15, 0.2) is 18.2 Å². The molecule has 0 bridgehead atoms. The standard InChI is InChI=1S/C13H17N3O4.ClH/c1-8-7-15(5-4-10(8)14)13(18)9-2-3-11(16(19)20)12(17)6-9;/h2-3,6,8,10,17H,4-5,7,14H2,1H3;1H. The third-order valence-electron chi connectivity index (χ3n) is 3.68. The lowest BCUT2D eigenvalue weighted by molar-refractivity contribution is -0.385. The minimum atomic E-state index is -0.689. The molecule has 0 spiro atoms. The summed E-state index contributed by atoms with van der Waals surface area (Å²) in [5.41, 5.74) is 5.74. The van der Waals surface area contributed by atoms with Crippen LogP contribution in [0.5, 0.6) is 5.75 Å². The van der Waals surface area contributed by atoms with Crippen molar-refractivity contribution >= 4 is 24.0 Å². The van der Waals surface area contributed by atoms with Gasteiger partial charge in [0.2, 0.25) is 0 Å². The van der Waals surface area contributed by atoms with Gasteiger partial charge in [-0.15, -0.1) is 12.4 Å². The first-order valence-corrected chi connectivity index (χ1v) is 6.42. The van der Waals surface area contributed by atoms with E-state index < -0.39 is 16.4 Å². The SMILES string of the molecule is CC1CN(C(=O)c2ccc([N+](=O)[O-])c(O)c2)CCC1N.Cl. The maximum Gasteiger partial charge on any atom is 0.310 e. The summed E-state index contributed by atoms with van der Waals surface area (Å²) in [6, 6.07) is 3.73. The van der Waals surface area contributed by atoms with E-state index in [1.807, 2.05) is 6.92 Å². The molecule has 21 heavy (non-hydrogen) atoms. The van der Waals surface area contributed by atoms with Crippen LogP contribution in [0.2, 0.25) is 0 Å². The van der Waals surface area contributed by atoms with Crippen molar-refractivity contribution < 1.29 is 14.8 Å². The Hall–Kier alpha value is -1.86. The van der Waals surface area contributed by atoms with Crippen molar-refractivity contribution in [1.82, 2.24) is 4.90 Å². The van der Waals surface area contributed by atoms with E-state index in [0.29, 0.717) is 13.1 Å². The summed E-state index contributed by atoms with van der Waals surface area (Å²) >= 11 is 0.